The van der Waals surface area contributed by atoms with Crippen LogP contribution in [0.4, 0.5) is 5.69 Å². The first-order valence-corrected chi connectivity index (χ1v) is 12.0. The van der Waals surface area contributed by atoms with Gasteiger partial charge in [-0.05, 0) is 55.0 Å². The average molecular weight is 443 g/mol. The average Bonchev–Trinajstić information content (AvgIpc) is 3.51. The number of nitrogens with one attached hydrogen (secondary N) is 1. The second-order valence-corrected chi connectivity index (χ2v) is 9.04. The van der Waals surface area contributed by atoms with Gasteiger partial charge in [0.25, 0.3) is 0 Å². The van der Waals surface area contributed by atoms with Gasteiger partial charge in [0.2, 0.25) is 11.8 Å². The Balaban J connectivity index is 1.19. The molecule has 2 aliphatic rings. The minimum atomic E-state index is -0.244. The Kier molecular flexibility index (Phi) is 6.24. The van der Waals surface area contributed by atoms with Crippen molar-refractivity contribution in [2.45, 2.75) is 38.5 Å². The molecule has 1 aromatic heterocycles. The van der Waals surface area contributed by atoms with Crippen molar-refractivity contribution in [3.8, 4) is 5.69 Å². The van der Waals surface area contributed by atoms with Crippen LogP contribution >= 0.6 is 0 Å². The molecule has 33 heavy (non-hydrogen) atoms. The van der Waals surface area contributed by atoms with Gasteiger partial charge in [-0.3, -0.25) is 9.59 Å². The van der Waals surface area contributed by atoms with Crippen LogP contribution in [0, 0.1) is 11.8 Å². The molecule has 2 amide bonds. The minimum absolute atomic E-state index is 0.0102. The fourth-order valence-electron chi connectivity index (χ4n) is 5.18. The van der Waals surface area contributed by atoms with Gasteiger partial charge in [0.05, 0.1) is 17.8 Å². The third-order valence-electron chi connectivity index (χ3n) is 6.94. The number of aromatic nitrogens is 2. The first-order valence-electron chi connectivity index (χ1n) is 12.0. The summed E-state index contributed by atoms with van der Waals surface area (Å²) in [6.07, 6.45) is 9.03. The van der Waals surface area contributed by atoms with Crippen LogP contribution in [0.5, 0.6) is 0 Å². The standard InChI is InChI=1S/C27H30N4O2/c32-26(28-16-14-20-18-29-31(19-20)22-9-2-1-3-10-22)23-11-5-6-12-24(23)27(33)30-17-15-21-8-4-7-13-25(21)30/h1-4,7-10,13,18-19,23-24H,5-6,11-12,14-17H2,(H,28,32). The van der Waals surface area contributed by atoms with Crippen LogP contribution in [0.3, 0.4) is 0 Å². The highest BCUT2D eigenvalue weighted by Gasteiger charge is 2.39. The topological polar surface area (TPSA) is 67.2 Å². The van der Waals surface area contributed by atoms with E-state index < -0.39 is 0 Å². The molecule has 1 aliphatic heterocycles. The van der Waals surface area contributed by atoms with Crippen molar-refractivity contribution >= 4 is 17.5 Å². The summed E-state index contributed by atoms with van der Waals surface area (Å²) in [4.78, 5) is 28.4. The molecule has 2 atom stereocenters. The van der Waals surface area contributed by atoms with E-state index in [1.807, 2.05) is 70.5 Å². The van der Waals surface area contributed by atoms with Gasteiger partial charge in [0.15, 0.2) is 0 Å². The van der Waals surface area contributed by atoms with E-state index in [2.05, 4.69) is 16.5 Å². The first kappa shape index (κ1) is 21.4. The van der Waals surface area contributed by atoms with E-state index in [-0.39, 0.29) is 23.7 Å². The number of benzene rings is 2. The van der Waals surface area contributed by atoms with Gasteiger partial charge in [0.1, 0.15) is 0 Å². The quantitative estimate of drug-likeness (QED) is 0.629. The summed E-state index contributed by atoms with van der Waals surface area (Å²) in [5.74, 6) is -0.350. The highest BCUT2D eigenvalue weighted by molar-refractivity contribution is 5.99. The lowest BCUT2D eigenvalue weighted by Crippen LogP contribution is -2.45. The molecule has 6 heteroatoms. The zero-order chi connectivity index (χ0) is 22.6. The van der Waals surface area contributed by atoms with Gasteiger partial charge < -0.3 is 10.2 Å². The molecule has 6 nitrogen and oxygen atoms in total. The first-order chi connectivity index (χ1) is 16.2. The molecular formula is C27H30N4O2. The maximum absolute atomic E-state index is 13.4. The van der Waals surface area contributed by atoms with Crippen LogP contribution in [0.15, 0.2) is 67.0 Å². The molecule has 0 saturated heterocycles. The zero-order valence-corrected chi connectivity index (χ0v) is 18.8. The number of carbonyl (C=O) groups excluding carboxylic acids is 2. The van der Waals surface area contributed by atoms with Gasteiger partial charge >= 0.3 is 0 Å². The molecule has 1 fully saturated rings. The molecular weight excluding hydrogens is 412 g/mol. The molecule has 1 N–H and O–H groups in total. The number of carbonyl (C=O) groups is 2. The Bertz CT molecular complexity index is 1120. The van der Waals surface area contributed by atoms with Crippen molar-refractivity contribution in [3.05, 3.63) is 78.1 Å². The van der Waals surface area contributed by atoms with E-state index in [9.17, 15) is 9.59 Å². The number of nitrogens with zero attached hydrogens (tertiary/aromatic N) is 3. The molecule has 2 aromatic carbocycles. The number of amides is 2. The lowest BCUT2D eigenvalue weighted by molar-refractivity contribution is -0.135. The minimum Gasteiger partial charge on any atom is -0.356 e. The van der Waals surface area contributed by atoms with Crippen molar-refractivity contribution in [2.24, 2.45) is 11.8 Å². The number of para-hydroxylation sites is 2. The highest BCUT2D eigenvalue weighted by Crippen LogP contribution is 2.35. The van der Waals surface area contributed by atoms with Crippen LogP contribution in [-0.2, 0) is 22.4 Å². The normalized spacial score (nSPS) is 19.8. The van der Waals surface area contributed by atoms with Crippen LogP contribution < -0.4 is 10.2 Å². The maximum atomic E-state index is 13.4. The zero-order valence-electron chi connectivity index (χ0n) is 18.8. The summed E-state index contributed by atoms with van der Waals surface area (Å²) in [6.45, 7) is 1.26. The Hall–Kier alpha value is -3.41. The molecule has 0 bridgehead atoms. The van der Waals surface area contributed by atoms with Gasteiger partial charge in [-0.1, -0.05) is 49.2 Å². The maximum Gasteiger partial charge on any atom is 0.230 e. The third kappa shape index (κ3) is 4.56. The largest absolute Gasteiger partial charge is 0.356 e. The number of hydrogen-bond acceptors (Lipinski definition) is 3. The molecule has 5 rings (SSSR count). The second-order valence-electron chi connectivity index (χ2n) is 9.04. The number of rotatable bonds is 6. The molecule has 170 valence electrons. The summed E-state index contributed by atoms with van der Waals surface area (Å²) in [5, 5.41) is 7.52. The van der Waals surface area contributed by atoms with E-state index in [1.165, 1.54) is 5.56 Å². The smallest absolute Gasteiger partial charge is 0.230 e. The summed E-state index contributed by atoms with van der Waals surface area (Å²) in [5.41, 5.74) is 4.32. The van der Waals surface area contributed by atoms with E-state index >= 15 is 0 Å². The molecule has 2 unspecified atom stereocenters. The summed E-state index contributed by atoms with van der Waals surface area (Å²) in [7, 11) is 0. The highest BCUT2D eigenvalue weighted by atomic mass is 16.2. The lowest BCUT2D eigenvalue weighted by Gasteiger charge is -2.32. The van der Waals surface area contributed by atoms with E-state index in [0.29, 0.717) is 19.5 Å². The van der Waals surface area contributed by atoms with Crippen LogP contribution in [0.1, 0.15) is 36.8 Å². The molecule has 1 aliphatic carbocycles. The predicted octanol–water partition coefficient (Wildman–Crippen LogP) is 3.93. The van der Waals surface area contributed by atoms with Crippen LogP contribution in [0.25, 0.3) is 5.69 Å². The number of hydrogen-bond donors (Lipinski definition) is 1. The van der Waals surface area contributed by atoms with Crippen molar-refractivity contribution in [3.63, 3.8) is 0 Å². The fraction of sp³-hybridized carbons (Fsp3) is 0.370. The third-order valence-corrected chi connectivity index (χ3v) is 6.94. The molecule has 0 radical (unpaired) electrons. The number of anilines is 1. The van der Waals surface area contributed by atoms with Crippen molar-refractivity contribution in [1.82, 2.24) is 15.1 Å². The Morgan fingerprint density at radius 1 is 0.970 bits per heavy atom. The molecule has 0 spiro atoms. The number of fused-ring (bicyclic) bond motifs is 1. The van der Waals surface area contributed by atoms with E-state index in [0.717, 1.165) is 49.0 Å². The molecule has 2 heterocycles. The fourth-order valence-corrected chi connectivity index (χ4v) is 5.18. The van der Waals surface area contributed by atoms with Crippen LogP contribution in [-0.4, -0.2) is 34.7 Å². The van der Waals surface area contributed by atoms with Gasteiger partial charge in [-0.25, -0.2) is 4.68 Å². The van der Waals surface area contributed by atoms with Gasteiger partial charge in [-0.2, -0.15) is 5.10 Å². The summed E-state index contributed by atoms with van der Waals surface area (Å²) in [6, 6.07) is 18.1. The monoisotopic (exact) mass is 442 g/mol. The molecule has 1 saturated carbocycles. The lowest BCUT2D eigenvalue weighted by atomic mass is 9.77. The Morgan fingerprint density at radius 3 is 2.58 bits per heavy atom. The summed E-state index contributed by atoms with van der Waals surface area (Å²) < 4.78 is 1.85. The van der Waals surface area contributed by atoms with E-state index in [4.69, 9.17) is 0 Å². The van der Waals surface area contributed by atoms with Crippen molar-refractivity contribution < 1.29 is 9.59 Å². The summed E-state index contributed by atoms with van der Waals surface area (Å²) >= 11 is 0. The van der Waals surface area contributed by atoms with Crippen molar-refractivity contribution in [2.75, 3.05) is 18.0 Å². The van der Waals surface area contributed by atoms with Crippen molar-refractivity contribution in [1.29, 1.82) is 0 Å². The van der Waals surface area contributed by atoms with Crippen LogP contribution in [0.2, 0.25) is 0 Å². The van der Waals surface area contributed by atoms with Gasteiger partial charge in [0, 0.05) is 30.9 Å². The SMILES string of the molecule is O=C(NCCc1cnn(-c2ccccc2)c1)C1CCCCC1C(=O)N1CCc2ccccc21. The Morgan fingerprint density at radius 2 is 1.73 bits per heavy atom. The van der Waals surface area contributed by atoms with E-state index in [1.54, 1.807) is 0 Å². The second kappa shape index (κ2) is 9.61. The Labute approximate surface area is 194 Å². The van der Waals surface area contributed by atoms with Gasteiger partial charge in [-0.15, -0.1) is 0 Å². The predicted molar refractivity (Wildman–Crippen MR) is 128 cm³/mol. The molecule has 3 aromatic rings.